The molecule has 4 N–H and O–H groups in total. The van der Waals surface area contributed by atoms with E-state index in [1.807, 2.05) is 10.6 Å². The van der Waals surface area contributed by atoms with Gasteiger partial charge in [-0.3, -0.25) is 0 Å². The molecule has 0 bridgehead atoms. The van der Waals surface area contributed by atoms with Crippen LogP contribution in [0.3, 0.4) is 0 Å². The van der Waals surface area contributed by atoms with Gasteiger partial charge in [-0.15, -0.1) is 0 Å². The van der Waals surface area contributed by atoms with E-state index in [0.29, 0.717) is 11.1 Å². The van der Waals surface area contributed by atoms with E-state index in [1.54, 1.807) is 24.2 Å². The number of nitrogens with two attached hydrogens (primary N) is 1. The van der Waals surface area contributed by atoms with Gasteiger partial charge < -0.3 is 15.1 Å². The number of fused-ring (bicyclic) bond motifs is 1. The second kappa shape index (κ2) is 5.24. The average Bonchev–Trinajstić information content (AvgIpc) is 2.83. The van der Waals surface area contributed by atoms with Crippen LogP contribution in [0.4, 0.5) is 11.6 Å². The van der Waals surface area contributed by atoms with Gasteiger partial charge >= 0.3 is 0 Å². The van der Waals surface area contributed by atoms with Gasteiger partial charge in [-0.2, -0.15) is 11.8 Å². The van der Waals surface area contributed by atoms with E-state index in [2.05, 4.69) is 33.9 Å². The summed E-state index contributed by atoms with van der Waals surface area (Å²) in [5, 5.41) is 3.80. The maximum Gasteiger partial charge on any atom is 0.180 e. The Morgan fingerprint density at radius 1 is 1.59 bits per heavy atom. The van der Waals surface area contributed by atoms with Gasteiger partial charge in [0.25, 0.3) is 0 Å². The second-order valence-electron chi connectivity index (χ2n) is 3.70. The van der Waals surface area contributed by atoms with E-state index in [9.17, 15) is 0 Å². The third kappa shape index (κ3) is 2.62. The maximum atomic E-state index is 5.38. The van der Waals surface area contributed by atoms with Crippen molar-refractivity contribution < 1.29 is 0 Å². The highest BCUT2D eigenvalue weighted by atomic mass is 32.2. The Bertz CT molecular complexity index is 497. The van der Waals surface area contributed by atoms with Gasteiger partial charge in [0.1, 0.15) is 0 Å². The van der Waals surface area contributed by atoms with Gasteiger partial charge in [0.05, 0.1) is 6.20 Å². The summed E-state index contributed by atoms with van der Waals surface area (Å²) in [4.78, 5) is 8.62. The highest BCUT2D eigenvalue weighted by molar-refractivity contribution is 7.99. The Morgan fingerprint density at radius 3 is 3.12 bits per heavy atom. The van der Waals surface area contributed by atoms with Crippen molar-refractivity contribution in [3.63, 3.8) is 0 Å². The van der Waals surface area contributed by atoms with Crippen LogP contribution in [0.2, 0.25) is 0 Å². The Hall–Kier alpha value is -1.47. The van der Waals surface area contributed by atoms with Gasteiger partial charge in [-0.25, -0.2) is 15.8 Å². The van der Waals surface area contributed by atoms with Crippen LogP contribution in [-0.2, 0) is 0 Å². The first-order valence-electron chi connectivity index (χ1n) is 5.31. The summed E-state index contributed by atoms with van der Waals surface area (Å²) in [6, 6.07) is 0. The first kappa shape index (κ1) is 12.0. The lowest BCUT2D eigenvalue weighted by Crippen LogP contribution is -2.16. The minimum atomic E-state index is 0.515. The normalized spacial score (nSPS) is 12.6. The van der Waals surface area contributed by atoms with E-state index >= 15 is 0 Å². The number of aromatic nitrogens is 3. The fourth-order valence-corrected chi connectivity index (χ4v) is 1.69. The van der Waals surface area contributed by atoms with E-state index < -0.39 is 0 Å². The summed E-state index contributed by atoms with van der Waals surface area (Å²) >= 11 is 1.80. The van der Waals surface area contributed by atoms with Crippen molar-refractivity contribution in [2.24, 2.45) is 5.84 Å². The van der Waals surface area contributed by atoms with E-state index in [4.69, 9.17) is 5.84 Å². The standard InChI is InChI=1S/C10H16N6S/c1-7(17-2)5-13-9-10-12-3-4-16(10)6-8(14-9)15-11/h3-4,6-7,15H,5,11H2,1-2H3,(H,13,14). The molecule has 1 unspecified atom stereocenters. The first-order valence-corrected chi connectivity index (χ1v) is 6.60. The lowest BCUT2D eigenvalue weighted by Gasteiger charge is -2.12. The molecule has 0 fully saturated rings. The number of nitrogens with one attached hydrogen (secondary N) is 2. The number of anilines is 2. The van der Waals surface area contributed by atoms with Crippen molar-refractivity contribution in [3.8, 4) is 0 Å². The third-order valence-corrected chi connectivity index (χ3v) is 3.45. The van der Waals surface area contributed by atoms with Crippen molar-refractivity contribution in [2.45, 2.75) is 12.2 Å². The summed E-state index contributed by atoms with van der Waals surface area (Å²) in [6.07, 6.45) is 7.48. The molecule has 2 heterocycles. The van der Waals surface area contributed by atoms with E-state index in [1.165, 1.54) is 0 Å². The van der Waals surface area contributed by atoms with E-state index in [-0.39, 0.29) is 0 Å². The van der Waals surface area contributed by atoms with E-state index in [0.717, 1.165) is 18.0 Å². The summed E-state index contributed by atoms with van der Waals surface area (Å²) in [7, 11) is 0. The number of hydrogen-bond acceptors (Lipinski definition) is 6. The van der Waals surface area contributed by atoms with Crippen LogP contribution in [-0.4, -0.2) is 32.4 Å². The minimum Gasteiger partial charge on any atom is -0.366 e. The van der Waals surface area contributed by atoms with Crippen LogP contribution in [0.15, 0.2) is 18.6 Å². The second-order valence-corrected chi connectivity index (χ2v) is 4.98. The first-order chi connectivity index (χ1) is 8.24. The smallest absolute Gasteiger partial charge is 0.180 e. The van der Waals surface area contributed by atoms with Gasteiger partial charge in [-0.05, 0) is 6.26 Å². The number of nitrogen functional groups attached to an aromatic ring is 1. The molecule has 0 aliphatic carbocycles. The van der Waals surface area contributed by atoms with Crippen LogP contribution in [0.25, 0.3) is 5.65 Å². The number of thioether (sulfide) groups is 1. The molecule has 0 spiro atoms. The van der Waals surface area contributed by atoms with Crippen LogP contribution in [0, 0.1) is 0 Å². The molecular formula is C10H16N6S. The van der Waals surface area contributed by atoms with Gasteiger partial charge in [0.15, 0.2) is 17.3 Å². The molecule has 6 nitrogen and oxygen atoms in total. The zero-order valence-corrected chi connectivity index (χ0v) is 10.7. The number of hydrazine groups is 1. The molecule has 0 aromatic carbocycles. The Kier molecular flexibility index (Phi) is 3.70. The molecule has 92 valence electrons. The lowest BCUT2D eigenvalue weighted by atomic mass is 10.4. The van der Waals surface area contributed by atoms with Crippen LogP contribution in [0.1, 0.15) is 6.92 Å². The molecule has 0 saturated heterocycles. The number of imidazole rings is 1. The number of hydrogen-bond donors (Lipinski definition) is 3. The van der Waals surface area contributed by atoms with Gasteiger partial charge in [0, 0.05) is 24.2 Å². The van der Waals surface area contributed by atoms with Crippen LogP contribution >= 0.6 is 11.8 Å². The fourth-order valence-electron chi connectivity index (χ4n) is 1.44. The summed E-state index contributed by atoms with van der Waals surface area (Å²) in [5.74, 6) is 6.73. The predicted octanol–water partition coefficient (Wildman–Crippen LogP) is 1.18. The predicted molar refractivity (Wildman–Crippen MR) is 72.3 cm³/mol. The van der Waals surface area contributed by atoms with Gasteiger partial charge in [0.2, 0.25) is 0 Å². The molecule has 7 heteroatoms. The fraction of sp³-hybridized carbons (Fsp3) is 0.400. The van der Waals surface area contributed by atoms with Crippen molar-refractivity contribution in [1.82, 2.24) is 14.4 Å². The third-order valence-electron chi connectivity index (χ3n) is 2.48. The molecule has 0 radical (unpaired) electrons. The lowest BCUT2D eigenvalue weighted by molar-refractivity contribution is 0.984. The summed E-state index contributed by atoms with van der Waals surface area (Å²) in [5.41, 5.74) is 3.35. The quantitative estimate of drug-likeness (QED) is 0.547. The summed E-state index contributed by atoms with van der Waals surface area (Å²) < 4.78 is 1.88. The van der Waals surface area contributed by atoms with Gasteiger partial charge in [-0.1, -0.05) is 6.92 Å². The van der Waals surface area contributed by atoms with Crippen LogP contribution < -0.4 is 16.6 Å². The van der Waals surface area contributed by atoms with Crippen molar-refractivity contribution in [2.75, 3.05) is 23.5 Å². The average molecular weight is 252 g/mol. The zero-order valence-electron chi connectivity index (χ0n) is 9.84. The molecule has 17 heavy (non-hydrogen) atoms. The minimum absolute atomic E-state index is 0.515. The molecule has 0 amide bonds. The Morgan fingerprint density at radius 2 is 2.41 bits per heavy atom. The molecule has 2 aromatic heterocycles. The molecule has 0 saturated carbocycles. The van der Waals surface area contributed by atoms with Crippen molar-refractivity contribution >= 4 is 29.0 Å². The largest absolute Gasteiger partial charge is 0.366 e. The molecule has 0 aliphatic rings. The molecule has 2 rings (SSSR count). The SMILES string of the molecule is CSC(C)CNc1nc(NN)cn2ccnc12. The zero-order chi connectivity index (χ0) is 12.3. The Labute approximate surface area is 104 Å². The molecular weight excluding hydrogens is 236 g/mol. The molecule has 1 atom stereocenters. The topological polar surface area (TPSA) is 80.3 Å². The van der Waals surface area contributed by atoms with Crippen molar-refractivity contribution in [3.05, 3.63) is 18.6 Å². The Balaban J connectivity index is 2.27. The number of nitrogens with zero attached hydrogens (tertiary/aromatic N) is 3. The van der Waals surface area contributed by atoms with Crippen molar-refractivity contribution in [1.29, 1.82) is 0 Å². The highest BCUT2D eigenvalue weighted by Gasteiger charge is 2.07. The number of rotatable bonds is 5. The molecule has 0 aliphatic heterocycles. The summed E-state index contributed by atoms with van der Waals surface area (Å²) in [6.45, 7) is 3.00. The monoisotopic (exact) mass is 252 g/mol. The highest BCUT2D eigenvalue weighted by Crippen LogP contribution is 2.16. The van der Waals surface area contributed by atoms with Crippen LogP contribution in [0.5, 0.6) is 0 Å². The maximum absolute atomic E-state index is 5.38. The molecule has 2 aromatic rings.